The molecule has 4 aromatic carbocycles. The number of esters is 1. The van der Waals surface area contributed by atoms with E-state index >= 15 is 0 Å². The molecule has 6 heteroatoms. The first-order valence-corrected chi connectivity index (χ1v) is 12.0. The van der Waals surface area contributed by atoms with Gasteiger partial charge in [-0.15, -0.1) is 0 Å². The lowest BCUT2D eigenvalue weighted by molar-refractivity contribution is -0.114. The number of carbonyl (C=O) groups excluding carboxylic acids is 2. The molecule has 0 unspecified atom stereocenters. The normalized spacial score (nSPS) is 10.5. The maximum absolute atomic E-state index is 12.6. The summed E-state index contributed by atoms with van der Waals surface area (Å²) in [5.74, 6) is -0.0147. The molecular weight excluding hydrogens is 474 g/mol. The van der Waals surface area contributed by atoms with Crippen molar-refractivity contribution in [2.24, 2.45) is 0 Å². The summed E-state index contributed by atoms with van der Waals surface area (Å²) in [5, 5.41) is 3.35. The molecule has 0 heterocycles. The highest BCUT2D eigenvalue weighted by molar-refractivity contribution is 6.31. The van der Waals surface area contributed by atoms with Gasteiger partial charge in [0.2, 0.25) is 5.91 Å². The van der Waals surface area contributed by atoms with Crippen LogP contribution >= 0.6 is 11.6 Å². The van der Waals surface area contributed by atoms with Gasteiger partial charge in [-0.2, -0.15) is 0 Å². The summed E-state index contributed by atoms with van der Waals surface area (Å²) < 4.78 is 11.4. The summed E-state index contributed by atoms with van der Waals surface area (Å²) in [7, 11) is 0. The number of carbonyl (C=O) groups is 2. The molecule has 0 saturated carbocycles. The molecule has 0 aliphatic rings. The number of nitrogens with one attached hydrogen (secondary N) is 1. The predicted octanol–water partition coefficient (Wildman–Crippen LogP) is 7.39. The van der Waals surface area contributed by atoms with Gasteiger partial charge >= 0.3 is 5.97 Å². The molecule has 182 valence electrons. The minimum Gasteiger partial charge on any atom is -0.488 e. The number of hydrogen-bond donors (Lipinski definition) is 1. The number of ether oxygens (including phenoxy) is 2. The standard InChI is InChI=1S/C30H26ClNO4/c1-3-35-30(34)23-15-22(16-25(17-23)32-20(2)33)26-11-7-8-12-27(26)28-18-24(31)13-14-29(28)36-19-21-9-5-4-6-10-21/h4-18H,3,19H2,1-2H3,(H,32,33). The molecule has 4 aromatic rings. The Kier molecular flexibility index (Phi) is 8.03. The molecule has 5 nitrogen and oxygen atoms in total. The van der Waals surface area contributed by atoms with Gasteiger partial charge in [-0.1, -0.05) is 66.2 Å². The summed E-state index contributed by atoms with van der Waals surface area (Å²) in [5.41, 5.74) is 5.18. The number of anilines is 1. The van der Waals surface area contributed by atoms with Crippen molar-refractivity contribution >= 4 is 29.2 Å². The summed E-state index contributed by atoms with van der Waals surface area (Å²) in [6, 6.07) is 28.4. The summed E-state index contributed by atoms with van der Waals surface area (Å²) in [6.07, 6.45) is 0. The number of hydrogen-bond acceptors (Lipinski definition) is 4. The molecular formula is C30H26ClNO4. The van der Waals surface area contributed by atoms with Crippen molar-refractivity contribution in [1.82, 2.24) is 0 Å². The van der Waals surface area contributed by atoms with Gasteiger partial charge in [-0.05, 0) is 65.6 Å². The van der Waals surface area contributed by atoms with Crippen LogP contribution in [0.4, 0.5) is 5.69 Å². The smallest absolute Gasteiger partial charge is 0.338 e. The maximum atomic E-state index is 12.6. The second-order valence-corrected chi connectivity index (χ2v) is 8.60. The third-order valence-corrected chi connectivity index (χ3v) is 5.71. The van der Waals surface area contributed by atoms with Gasteiger partial charge in [0.1, 0.15) is 12.4 Å². The Morgan fingerprint density at radius 3 is 2.28 bits per heavy atom. The van der Waals surface area contributed by atoms with Gasteiger partial charge in [0.25, 0.3) is 0 Å². The van der Waals surface area contributed by atoms with Gasteiger partial charge in [-0.25, -0.2) is 4.79 Å². The van der Waals surface area contributed by atoms with E-state index in [1.54, 1.807) is 25.1 Å². The van der Waals surface area contributed by atoms with Crippen LogP contribution in [-0.2, 0) is 16.1 Å². The number of benzene rings is 4. The van der Waals surface area contributed by atoms with Crippen LogP contribution in [0.2, 0.25) is 5.02 Å². The molecule has 36 heavy (non-hydrogen) atoms. The molecule has 1 amide bonds. The van der Waals surface area contributed by atoms with Gasteiger partial charge < -0.3 is 14.8 Å². The van der Waals surface area contributed by atoms with E-state index in [0.29, 0.717) is 28.6 Å². The Balaban J connectivity index is 1.80. The molecule has 0 fully saturated rings. The zero-order valence-corrected chi connectivity index (χ0v) is 20.8. The van der Waals surface area contributed by atoms with Crippen LogP contribution in [0.3, 0.4) is 0 Å². The SMILES string of the molecule is CCOC(=O)c1cc(NC(C)=O)cc(-c2ccccc2-c2cc(Cl)ccc2OCc2ccccc2)c1. The predicted molar refractivity (Wildman–Crippen MR) is 143 cm³/mol. The molecule has 0 bridgehead atoms. The van der Waals surface area contributed by atoms with Crippen molar-refractivity contribution < 1.29 is 19.1 Å². The largest absolute Gasteiger partial charge is 0.488 e. The zero-order valence-electron chi connectivity index (χ0n) is 20.1. The van der Waals surface area contributed by atoms with Crippen molar-refractivity contribution in [2.75, 3.05) is 11.9 Å². The highest BCUT2D eigenvalue weighted by atomic mass is 35.5. The van der Waals surface area contributed by atoms with Gasteiger partial charge in [-0.3, -0.25) is 4.79 Å². The first kappa shape index (κ1) is 25.0. The molecule has 0 radical (unpaired) electrons. The lowest BCUT2D eigenvalue weighted by Gasteiger charge is -2.17. The first-order valence-electron chi connectivity index (χ1n) is 11.6. The molecule has 1 N–H and O–H groups in total. The molecule has 0 aliphatic carbocycles. The zero-order chi connectivity index (χ0) is 25.5. The van der Waals surface area contributed by atoms with Crippen molar-refractivity contribution in [3.8, 4) is 28.0 Å². The van der Waals surface area contributed by atoms with E-state index in [2.05, 4.69) is 5.32 Å². The van der Waals surface area contributed by atoms with Crippen molar-refractivity contribution in [1.29, 1.82) is 0 Å². The quantitative estimate of drug-likeness (QED) is 0.257. The fraction of sp³-hybridized carbons (Fsp3) is 0.133. The molecule has 0 aromatic heterocycles. The Hall–Kier alpha value is -4.09. The number of amides is 1. The van der Waals surface area contributed by atoms with Crippen molar-refractivity contribution in [3.05, 3.63) is 107 Å². The minimum absolute atomic E-state index is 0.235. The summed E-state index contributed by atoms with van der Waals surface area (Å²) in [4.78, 5) is 24.3. The third-order valence-electron chi connectivity index (χ3n) is 5.47. The average molecular weight is 500 g/mol. The van der Waals surface area contributed by atoms with Crippen LogP contribution in [-0.4, -0.2) is 18.5 Å². The molecule has 0 aliphatic heterocycles. The molecule has 4 rings (SSSR count). The maximum Gasteiger partial charge on any atom is 0.338 e. The molecule has 0 atom stereocenters. The van der Waals surface area contributed by atoms with Crippen molar-refractivity contribution in [3.63, 3.8) is 0 Å². The average Bonchev–Trinajstić information content (AvgIpc) is 2.88. The number of halogens is 1. The van der Waals surface area contributed by atoms with Crippen LogP contribution in [0.5, 0.6) is 5.75 Å². The van der Waals surface area contributed by atoms with Gasteiger partial charge in [0.15, 0.2) is 0 Å². The minimum atomic E-state index is -0.460. The Morgan fingerprint density at radius 2 is 1.56 bits per heavy atom. The Morgan fingerprint density at radius 1 is 0.833 bits per heavy atom. The van der Waals surface area contributed by atoms with E-state index in [-0.39, 0.29) is 12.5 Å². The summed E-state index contributed by atoms with van der Waals surface area (Å²) >= 11 is 6.40. The van der Waals surface area contributed by atoms with Crippen molar-refractivity contribution in [2.45, 2.75) is 20.5 Å². The van der Waals surface area contributed by atoms with E-state index in [1.165, 1.54) is 6.92 Å². The van der Waals surface area contributed by atoms with E-state index in [0.717, 1.165) is 27.8 Å². The Labute approximate surface area is 215 Å². The van der Waals surface area contributed by atoms with Crippen LogP contribution in [0.25, 0.3) is 22.3 Å². The first-order chi connectivity index (χ1) is 17.4. The molecule has 0 saturated heterocycles. The molecule has 0 spiro atoms. The lowest BCUT2D eigenvalue weighted by atomic mass is 9.92. The Bertz CT molecular complexity index is 1390. The van der Waals surface area contributed by atoms with Crippen LogP contribution < -0.4 is 10.1 Å². The second kappa shape index (κ2) is 11.6. The van der Waals surface area contributed by atoms with E-state index in [1.807, 2.05) is 72.8 Å². The highest BCUT2D eigenvalue weighted by Gasteiger charge is 2.17. The second-order valence-electron chi connectivity index (χ2n) is 8.16. The van der Waals surface area contributed by atoms with Gasteiger partial charge in [0, 0.05) is 23.2 Å². The van der Waals surface area contributed by atoms with Crippen LogP contribution in [0.1, 0.15) is 29.8 Å². The van der Waals surface area contributed by atoms with E-state index in [9.17, 15) is 9.59 Å². The topological polar surface area (TPSA) is 64.6 Å². The fourth-order valence-electron chi connectivity index (χ4n) is 3.93. The lowest BCUT2D eigenvalue weighted by Crippen LogP contribution is -2.09. The van der Waals surface area contributed by atoms with Crippen LogP contribution in [0.15, 0.2) is 91.0 Å². The highest BCUT2D eigenvalue weighted by Crippen LogP contribution is 2.40. The van der Waals surface area contributed by atoms with Gasteiger partial charge in [0.05, 0.1) is 12.2 Å². The number of rotatable bonds is 8. The summed E-state index contributed by atoms with van der Waals surface area (Å²) in [6.45, 7) is 3.83. The van der Waals surface area contributed by atoms with Crippen LogP contribution in [0, 0.1) is 0 Å². The third kappa shape index (κ3) is 6.12. The monoisotopic (exact) mass is 499 g/mol. The fourth-order valence-corrected chi connectivity index (χ4v) is 4.11. The van der Waals surface area contributed by atoms with E-state index in [4.69, 9.17) is 21.1 Å². The van der Waals surface area contributed by atoms with E-state index < -0.39 is 5.97 Å².